The number of benzene rings is 2. The maximum atomic E-state index is 11.8. The molecule has 0 fully saturated rings. The maximum Gasteiger partial charge on any atom is 0.220 e. The van der Waals surface area contributed by atoms with Gasteiger partial charge in [-0.05, 0) is 36.8 Å². The van der Waals surface area contributed by atoms with E-state index in [1.54, 1.807) is 0 Å². The fraction of sp³-hybridized carbons (Fsp3) is 0.350. The summed E-state index contributed by atoms with van der Waals surface area (Å²) in [7, 11) is 0. The molecule has 0 radical (unpaired) electrons. The molecule has 0 aromatic heterocycles. The van der Waals surface area contributed by atoms with Crippen molar-refractivity contribution in [3.63, 3.8) is 0 Å². The van der Waals surface area contributed by atoms with Crippen LogP contribution in [0.3, 0.4) is 0 Å². The Hall–Kier alpha value is -2.13. The Morgan fingerprint density at radius 2 is 1.52 bits per heavy atom. The number of aryl methyl sites for hydroxylation is 1. The first-order chi connectivity index (χ1) is 11.2. The molecule has 1 unspecified atom stereocenters. The van der Waals surface area contributed by atoms with Gasteiger partial charge in [-0.25, -0.2) is 0 Å². The predicted molar refractivity (Wildman–Crippen MR) is 95.1 cm³/mol. The average molecular weight is 310 g/mol. The second-order valence-electron chi connectivity index (χ2n) is 5.95. The van der Waals surface area contributed by atoms with Crippen molar-refractivity contribution in [2.45, 2.75) is 38.1 Å². The molecular formula is C20H26N2O. The van der Waals surface area contributed by atoms with E-state index >= 15 is 0 Å². The summed E-state index contributed by atoms with van der Waals surface area (Å²) in [6.07, 6.45) is 4.34. The van der Waals surface area contributed by atoms with Crippen LogP contribution in [0.1, 0.15) is 30.4 Å². The Morgan fingerprint density at radius 3 is 2.17 bits per heavy atom. The zero-order valence-electron chi connectivity index (χ0n) is 13.6. The minimum absolute atomic E-state index is 0.0364. The zero-order valence-corrected chi connectivity index (χ0v) is 13.6. The molecule has 0 bridgehead atoms. The molecule has 122 valence electrons. The molecule has 1 atom stereocenters. The largest absolute Gasteiger partial charge is 0.355 e. The van der Waals surface area contributed by atoms with E-state index in [0.29, 0.717) is 13.0 Å². The number of carbonyl (C=O) groups excluding carboxylic acids is 1. The molecule has 3 heteroatoms. The highest BCUT2D eigenvalue weighted by Crippen LogP contribution is 2.06. The van der Waals surface area contributed by atoms with Crippen LogP contribution in [0.2, 0.25) is 0 Å². The van der Waals surface area contributed by atoms with Gasteiger partial charge in [-0.2, -0.15) is 0 Å². The Kier molecular flexibility index (Phi) is 7.34. The van der Waals surface area contributed by atoms with Crippen LogP contribution in [0.4, 0.5) is 0 Å². The van der Waals surface area contributed by atoms with Crippen molar-refractivity contribution in [2.24, 2.45) is 5.73 Å². The van der Waals surface area contributed by atoms with Crippen LogP contribution in [0.5, 0.6) is 0 Å². The van der Waals surface area contributed by atoms with Crippen molar-refractivity contribution in [1.82, 2.24) is 5.32 Å². The van der Waals surface area contributed by atoms with E-state index in [9.17, 15) is 4.79 Å². The van der Waals surface area contributed by atoms with Crippen molar-refractivity contribution < 1.29 is 4.79 Å². The summed E-state index contributed by atoms with van der Waals surface area (Å²) >= 11 is 0. The Morgan fingerprint density at radius 1 is 0.913 bits per heavy atom. The number of nitrogens with two attached hydrogens (primary N) is 1. The molecule has 0 saturated carbocycles. The van der Waals surface area contributed by atoms with Crippen LogP contribution in [0, 0.1) is 0 Å². The number of unbranched alkanes of at least 4 members (excludes halogenated alkanes) is 1. The highest BCUT2D eigenvalue weighted by molar-refractivity contribution is 5.75. The minimum atomic E-state index is -0.0364. The van der Waals surface area contributed by atoms with E-state index in [1.165, 1.54) is 11.1 Å². The van der Waals surface area contributed by atoms with Gasteiger partial charge in [0.25, 0.3) is 0 Å². The van der Waals surface area contributed by atoms with Gasteiger partial charge in [0.1, 0.15) is 0 Å². The molecule has 2 aromatic carbocycles. The molecule has 0 spiro atoms. The highest BCUT2D eigenvalue weighted by atomic mass is 16.1. The molecule has 0 heterocycles. The monoisotopic (exact) mass is 310 g/mol. The third-order valence-corrected chi connectivity index (χ3v) is 3.86. The Balaban J connectivity index is 1.56. The van der Waals surface area contributed by atoms with Gasteiger partial charge in [0.05, 0.1) is 0 Å². The van der Waals surface area contributed by atoms with E-state index in [1.807, 2.05) is 24.3 Å². The summed E-state index contributed by atoms with van der Waals surface area (Å²) in [5.74, 6) is 0.0987. The van der Waals surface area contributed by atoms with E-state index in [2.05, 4.69) is 41.7 Å². The lowest BCUT2D eigenvalue weighted by molar-refractivity contribution is -0.121. The summed E-state index contributed by atoms with van der Waals surface area (Å²) < 4.78 is 0. The van der Waals surface area contributed by atoms with Gasteiger partial charge in [-0.1, -0.05) is 60.7 Å². The molecule has 0 aliphatic carbocycles. The quantitative estimate of drug-likeness (QED) is 0.699. The SMILES string of the molecule is NC(CNC(=O)CCCCc1ccccc1)Cc1ccccc1. The zero-order chi connectivity index (χ0) is 16.3. The van der Waals surface area contributed by atoms with Gasteiger partial charge in [0.2, 0.25) is 5.91 Å². The number of hydrogen-bond acceptors (Lipinski definition) is 2. The fourth-order valence-electron chi connectivity index (χ4n) is 2.58. The molecular weight excluding hydrogens is 284 g/mol. The van der Waals surface area contributed by atoms with Crippen LogP contribution >= 0.6 is 0 Å². The Bertz CT molecular complexity index is 569. The molecule has 0 aliphatic heterocycles. The third-order valence-electron chi connectivity index (χ3n) is 3.86. The summed E-state index contributed by atoms with van der Waals surface area (Å²) in [6, 6.07) is 20.5. The fourth-order valence-corrected chi connectivity index (χ4v) is 2.58. The summed E-state index contributed by atoms with van der Waals surface area (Å²) in [4.78, 5) is 11.8. The summed E-state index contributed by atoms with van der Waals surface area (Å²) in [5, 5.41) is 2.94. The molecule has 1 amide bonds. The van der Waals surface area contributed by atoms with Gasteiger partial charge in [-0.15, -0.1) is 0 Å². The lowest BCUT2D eigenvalue weighted by Crippen LogP contribution is -2.38. The first-order valence-corrected chi connectivity index (χ1v) is 8.34. The number of nitrogens with one attached hydrogen (secondary N) is 1. The van der Waals surface area contributed by atoms with Crippen LogP contribution in [0.15, 0.2) is 60.7 Å². The van der Waals surface area contributed by atoms with Crippen molar-refractivity contribution in [3.8, 4) is 0 Å². The second-order valence-corrected chi connectivity index (χ2v) is 5.95. The first-order valence-electron chi connectivity index (χ1n) is 8.34. The van der Waals surface area contributed by atoms with E-state index in [0.717, 1.165) is 25.7 Å². The first kappa shape index (κ1) is 17.2. The highest BCUT2D eigenvalue weighted by Gasteiger charge is 2.06. The van der Waals surface area contributed by atoms with Crippen LogP contribution in [-0.2, 0) is 17.6 Å². The van der Waals surface area contributed by atoms with Crippen LogP contribution < -0.4 is 11.1 Å². The molecule has 3 N–H and O–H groups in total. The number of hydrogen-bond donors (Lipinski definition) is 2. The molecule has 0 aliphatic rings. The number of rotatable bonds is 9. The topological polar surface area (TPSA) is 55.1 Å². The van der Waals surface area contributed by atoms with Gasteiger partial charge >= 0.3 is 0 Å². The van der Waals surface area contributed by atoms with E-state index < -0.39 is 0 Å². The molecule has 23 heavy (non-hydrogen) atoms. The lowest BCUT2D eigenvalue weighted by atomic mass is 10.1. The van der Waals surface area contributed by atoms with Crippen molar-refractivity contribution in [1.29, 1.82) is 0 Å². The lowest BCUT2D eigenvalue weighted by Gasteiger charge is -2.13. The van der Waals surface area contributed by atoms with Gasteiger partial charge < -0.3 is 11.1 Å². The van der Waals surface area contributed by atoms with Crippen molar-refractivity contribution in [3.05, 3.63) is 71.8 Å². The average Bonchev–Trinajstić information content (AvgIpc) is 2.59. The van der Waals surface area contributed by atoms with Gasteiger partial charge in [-0.3, -0.25) is 4.79 Å². The predicted octanol–water partition coefficient (Wildman–Crippen LogP) is 3.09. The normalized spacial score (nSPS) is 11.9. The minimum Gasteiger partial charge on any atom is -0.355 e. The molecule has 2 aromatic rings. The smallest absolute Gasteiger partial charge is 0.220 e. The standard InChI is InChI=1S/C20H26N2O/c21-19(15-18-12-5-2-6-13-18)16-22-20(23)14-8-7-11-17-9-3-1-4-10-17/h1-6,9-10,12-13,19H,7-8,11,14-16,21H2,(H,22,23). The maximum absolute atomic E-state index is 11.8. The molecule has 3 nitrogen and oxygen atoms in total. The number of amides is 1. The van der Waals surface area contributed by atoms with Crippen LogP contribution in [0.25, 0.3) is 0 Å². The summed E-state index contributed by atoms with van der Waals surface area (Å²) in [5.41, 5.74) is 8.61. The third kappa shape index (κ3) is 7.11. The molecule has 2 rings (SSSR count). The van der Waals surface area contributed by atoms with Gasteiger partial charge in [0, 0.05) is 19.0 Å². The van der Waals surface area contributed by atoms with Crippen molar-refractivity contribution in [2.75, 3.05) is 6.54 Å². The van der Waals surface area contributed by atoms with Crippen LogP contribution in [-0.4, -0.2) is 18.5 Å². The summed E-state index contributed by atoms with van der Waals surface area (Å²) in [6.45, 7) is 0.534. The number of carbonyl (C=O) groups is 1. The van der Waals surface area contributed by atoms with E-state index in [-0.39, 0.29) is 11.9 Å². The second kappa shape index (κ2) is 9.80. The molecule has 0 saturated heterocycles. The van der Waals surface area contributed by atoms with Crippen molar-refractivity contribution >= 4 is 5.91 Å². The van der Waals surface area contributed by atoms with Gasteiger partial charge in [0.15, 0.2) is 0 Å². The Labute approximate surface area is 138 Å². The van der Waals surface area contributed by atoms with E-state index in [4.69, 9.17) is 5.73 Å².